The summed E-state index contributed by atoms with van der Waals surface area (Å²) < 4.78 is 0. The molecule has 3 unspecified atom stereocenters. The summed E-state index contributed by atoms with van der Waals surface area (Å²) in [6.07, 6.45) is 3.02. The number of hydrazine groups is 1. The van der Waals surface area contributed by atoms with Gasteiger partial charge in [-0.1, -0.05) is 43.7 Å². The van der Waals surface area contributed by atoms with Gasteiger partial charge in [-0.3, -0.25) is 10.2 Å². The summed E-state index contributed by atoms with van der Waals surface area (Å²) in [5, 5.41) is 6.47. The smallest absolute Gasteiger partial charge is 0.242 e. The number of nitrogens with one attached hydrogen (secondary N) is 4. The molecular weight excluding hydrogens is 324 g/mol. The highest BCUT2D eigenvalue weighted by molar-refractivity contribution is 5.95. The van der Waals surface area contributed by atoms with E-state index in [1.54, 1.807) is 0 Å². The first-order valence-corrected chi connectivity index (χ1v) is 9.39. The summed E-state index contributed by atoms with van der Waals surface area (Å²) >= 11 is 0. The van der Waals surface area contributed by atoms with Crippen LogP contribution < -0.4 is 21.5 Å². The van der Waals surface area contributed by atoms with Gasteiger partial charge in [0.25, 0.3) is 0 Å². The van der Waals surface area contributed by atoms with Gasteiger partial charge < -0.3 is 10.6 Å². The van der Waals surface area contributed by atoms with E-state index in [-0.39, 0.29) is 18.0 Å². The molecule has 0 saturated carbocycles. The van der Waals surface area contributed by atoms with Crippen molar-refractivity contribution in [1.29, 1.82) is 0 Å². The van der Waals surface area contributed by atoms with Crippen molar-refractivity contribution >= 4 is 17.3 Å². The van der Waals surface area contributed by atoms with E-state index in [9.17, 15) is 4.79 Å². The largest absolute Gasteiger partial charge is 0.379 e. The molecule has 3 rings (SSSR count). The van der Waals surface area contributed by atoms with Gasteiger partial charge in [-0.2, -0.15) is 0 Å². The van der Waals surface area contributed by atoms with Crippen LogP contribution in [0.1, 0.15) is 44.7 Å². The first-order chi connectivity index (χ1) is 12.7. The summed E-state index contributed by atoms with van der Waals surface area (Å²) in [4.78, 5) is 12.4. The van der Waals surface area contributed by atoms with Crippen molar-refractivity contribution in [2.45, 2.75) is 51.2 Å². The topological polar surface area (TPSA) is 65.2 Å². The molecule has 2 aromatic rings. The Morgan fingerprint density at radius 2 is 1.77 bits per heavy atom. The SMILES string of the molecule is CCCC1CC(C(=O)Nc2ccc(NC(C)c3ccccc3)cc2)NN1. The van der Waals surface area contributed by atoms with Crippen molar-refractivity contribution in [2.75, 3.05) is 10.6 Å². The Kier molecular flexibility index (Phi) is 6.26. The summed E-state index contributed by atoms with van der Waals surface area (Å²) in [6.45, 7) is 4.29. The Morgan fingerprint density at radius 1 is 1.08 bits per heavy atom. The zero-order valence-corrected chi connectivity index (χ0v) is 15.5. The number of amides is 1. The molecule has 1 aliphatic rings. The average molecular weight is 352 g/mol. The standard InChI is InChI=1S/C21H28N4O/c1-3-7-19-14-20(25-24-19)21(26)23-18-12-10-17(11-13-18)22-15(2)16-8-5-4-6-9-16/h4-6,8-13,15,19-20,22,24-25H,3,7,14H2,1-2H3,(H,23,26). The van der Waals surface area contributed by atoms with E-state index in [2.05, 4.69) is 47.5 Å². The molecule has 0 bridgehead atoms. The predicted molar refractivity (Wildman–Crippen MR) is 107 cm³/mol. The summed E-state index contributed by atoms with van der Waals surface area (Å²) in [5.74, 6) is 0.00876. The van der Waals surface area contributed by atoms with E-state index >= 15 is 0 Å². The first-order valence-electron chi connectivity index (χ1n) is 9.39. The highest BCUT2D eigenvalue weighted by Crippen LogP contribution is 2.21. The maximum atomic E-state index is 12.4. The van der Waals surface area contributed by atoms with Crippen LogP contribution in [0.3, 0.4) is 0 Å². The van der Waals surface area contributed by atoms with Gasteiger partial charge in [0.05, 0.1) is 0 Å². The third-order valence-corrected chi connectivity index (χ3v) is 4.77. The molecule has 0 aromatic heterocycles. The summed E-state index contributed by atoms with van der Waals surface area (Å²) in [6, 6.07) is 18.6. The molecule has 1 heterocycles. The fourth-order valence-corrected chi connectivity index (χ4v) is 3.29. The Bertz CT molecular complexity index is 702. The number of rotatable bonds is 7. The highest BCUT2D eigenvalue weighted by atomic mass is 16.2. The van der Waals surface area contributed by atoms with Gasteiger partial charge >= 0.3 is 0 Å². The van der Waals surface area contributed by atoms with E-state index in [4.69, 9.17) is 0 Å². The van der Waals surface area contributed by atoms with Crippen molar-refractivity contribution in [3.05, 3.63) is 60.2 Å². The molecule has 3 atom stereocenters. The van der Waals surface area contributed by atoms with Crippen LogP contribution in [-0.2, 0) is 4.79 Å². The van der Waals surface area contributed by atoms with Crippen LogP contribution in [0.4, 0.5) is 11.4 Å². The molecular formula is C21H28N4O. The second-order valence-electron chi connectivity index (χ2n) is 6.91. The van der Waals surface area contributed by atoms with Crippen LogP contribution >= 0.6 is 0 Å². The van der Waals surface area contributed by atoms with E-state index in [1.165, 1.54) is 5.56 Å². The van der Waals surface area contributed by atoms with Crippen LogP contribution in [0, 0.1) is 0 Å². The molecule has 5 heteroatoms. The Morgan fingerprint density at radius 3 is 2.46 bits per heavy atom. The fraction of sp³-hybridized carbons (Fsp3) is 0.381. The second kappa shape index (κ2) is 8.83. The van der Waals surface area contributed by atoms with Gasteiger partial charge in [-0.05, 0) is 49.6 Å². The molecule has 1 amide bonds. The number of hydrogen-bond acceptors (Lipinski definition) is 4. The fourth-order valence-electron chi connectivity index (χ4n) is 3.29. The van der Waals surface area contributed by atoms with Gasteiger partial charge in [-0.15, -0.1) is 0 Å². The zero-order chi connectivity index (χ0) is 18.4. The van der Waals surface area contributed by atoms with E-state index < -0.39 is 0 Å². The van der Waals surface area contributed by atoms with Crippen molar-refractivity contribution in [2.24, 2.45) is 0 Å². The normalized spacial score (nSPS) is 20.5. The van der Waals surface area contributed by atoms with Crippen molar-refractivity contribution in [1.82, 2.24) is 10.9 Å². The van der Waals surface area contributed by atoms with Gasteiger partial charge in [0.15, 0.2) is 0 Å². The van der Waals surface area contributed by atoms with E-state index in [1.807, 2.05) is 42.5 Å². The van der Waals surface area contributed by atoms with Gasteiger partial charge in [0.2, 0.25) is 5.91 Å². The highest BCUT2D eigenvalue weighted by Gasteiger charge is 2.28. The molecule has 138 valence electrons. The molecule has 0 radical (unpaired) electrons. The minimum atomic E-state index is -0.178. The van der Waals surface area contributed by atoms with Crippen LogP contribution in [0.25, 0.3) is 0 Å². The molecule has 5 nitrogen and oxygen atoms in total. The van der Waals surface area contributed by atoms with Crippen molar-refractivity contribution in [3.63, 3.8) is 0 Å². The molecule has 2 aromatic carbocycles. The van der Waals surface area contributed by atoms with Crippen LogP contribution in [0.5, 0.6) is 0 Å². The summed E-state index contributed by atoms with van der Waals surface area (Å²) in [5.41, 5.74) is 9.38. The lowest BCUT2D eigenvalue weighted by molar-refractivity contribution is -0.117. The Hall–Kier alpha value is -2.37. The van der Waals surface area contributed by atoms with Gasteiger partial charge in [0, 0.05) is 23.5 Å². The lowest BCUT2D eigenvalue weighted by Gasteiger charge is -2.16. The third kappa shape index (κ3) is 4.84. The molecule has 1 aliphatic heterocycles. The Labute approximate surface area is 155 Å². The average Bonchev–Trinajstić information content (AvgIpc) is 3.13. The maximum Gasteiger partial charge on any atom is 0.242 e. The third-order valence-electron chi connectivity index (χ3n) is 4.77. The number of carbonyl (C=O) groups is 1. The van der Waals surface area contributed by atoms with Crippen molar-refractivity contribution in [3.8, 4) is 0 Å². The van der Waals surface area contributed by atoms with E-state index in [0.29, 0.717) is 6.04 Å². The quantitative estimate of drug-likeness (QED) is 0.611. The number of hydrogen-bond donors (Lipinski definition) is 4. The molecule has 26 heavy (non-hydrogen) atoms. The number of benzene rings is 2. The first kappa shape index (κ1) is 18.4. The lowest BCUT2D eigenvalue weighted by atomic mass is 10.1. The zero-order valence-electron chi connectivity index (χ0n) is 15.5. The van der Waals surface area contributed by atoms with Gasteiger partial charge in [-0.25, -0.2) is 5.43 Å². The molecule has 1 fully saturated rings. The lowest BCUT2D eigenvalue weighted by Crippen LogP contribution is -2.40. The molecule has 0 spiro atoms. The minimum Gasteiger partial charge on any atom is -0.379 e. The van der Waals surface area contributed by atoms with Crippen LogP contribution in [0.15, 0.2) is 54.6 Å². The minimum absolute atomic E-state index is 0.00876. The molecule has 4 N–H and O–H groups in total. The van der Waals surface area contributed by atoms with Gasteiger partial charge in [0.1, 0.15) is 6.04 Å². The van der Waals surface area contributed by atoms with Crippen molar-refractivity contribution < 1.29 is 4.79 Å². The number of carbonyl (C=O) groups excluding carboxylic acids is 1. The molecule has 1 saturated heterocycles. The van der Waals surface area contributed by atoms with Crippen LogP contribution in [-0.4, -0.2) is 18.0 Å². The second-order valence-corrected chi connectivity index (χ2v) is 6.91. The summed E-state index contributed by atoms with van der Waals surface area (Å²) in [7, 11) is 0. The Balaban J connectivity index is 1.52. The number of anilines is 2. The van der Waals surface area contributed by atoms with E-state index in [0.717, 1.165) is 30.6 Å². The van der Waals surface area contributed by atoms with Crippen LogP contribution in [0.2, 0.25) is 0 Å². The molecule has 0 aliphatic carbocycles. The monoisotopic (exact) mass is 352 g/mol. The maximum absolute atomic E-state index is 12.4. The predicted octanol–water partition coefficient (Wildman–Crippen LogP) is 3.83.